The molecule has 1 saturated carbocycles. The maximum atomic E-state index is 3.99. The van der Waals surface area contributed by atoms with Crippen LogP contribution >= 0.6 is 0 Å². The normalized spacial score (nSPS) is 20.7. The van der Waals surface area contributed by atoms with Gasteiger partial charge in [-0.05, 0) is 73.5 Å². The number of rotatable bonds is 9. The van der Waals surface area contributed by atoms with Crippen molar-refractivity contribution in [1.29, 1.82) is 0 Å². The largest absolute Gasteiger partial charge is 0.361 e. The van der Waals surface area contributed by atoms with Crippen LogP contribution in [0.1, 0.15) is 136 Å². The number of aromatic nitrogens is 1. The molecule has 3 heteroatoms. The Morgan fingerprint density at radius 3 is 2.02 bits per heavy atom. The lowest BCUT2D eigenvalue weighted by atomic mass is 9.74. The van der Waals surface area contributed by atoms with E-state index in [2.05, 4.69) is 97.7 Å². The van der Waals surface area contributed by atoms with Crippen LogP contribution < -0.4 is 0 Å². The fourth-order valence-electron chi connectivity index (χ4n) is 6.69. The lowest BCUT2D eigenvalue weighted by Gasteiger charge is -2.43. The van der Waals surface area contributed by atoms with Crippen molar-refractivity contribution < 1.29 is 0 Å². The van der Waals surface area contributed by atoms with Crippen molar-refractivity contribution in [3.63, 3.8) is 0 Å². The van der Waals surface area contributed by atoms with Gasteiger partial charge >= 0.3 is 0 Å². The molecule has 43 heavy (non-hydrogen) atoms. The van der Waals surface area contributed by atoms with E-state index in [9.17, 15) is 0 Å². The molecule has 0 amide bonds. The molecule has 3 nitrogen and oxygen atoms in total. The SMILES string of the molecule is C=Cc1[nH]cc(CC(C)(C)C(C)CN2CCN(C3CCCC(c4ccccc4)CCC3)CC2)c1/C=C\C.CC.CC.CC. The number of H-pyrrole nitrogens is 1. The van der Waals surface area contributed by atoms with E-state index < -0.39 is 0 Å². The van der Waals surface area contributed by atoms with Crippen molar-refractivity contribution >= 4 is 12.2 Å². The first-order valence-electron chi connectivity index (χ1n) is 17.9. The lowest BCUT2D eigenvalue weighted by molar-refractivity contribution is 0.0601. The predicted molar refractivity (Wildman–Crippen MR) is 195 cm³/mol. The van der Waals surface area contributed by atoms with Crippen LogP contribution in [0.25, 0.3) is 12.2 Å². The van der Waals surface area contributed by atoms with Gasteiger partial charge in [-0.2, -0.15) is 0 Å². The molecule has 244 valence electrons. The van der Waals surface area contributed by atoms with Crippen molar-refractivity contribution in [3.05, 3.63) is 71.6 Å². The van der Waals surface area contributed by atoms with Gasteiger partial charge in [-0.15, -0.1) is 0 Å². The molecule has 1 saturated heterocycles. The Kier molecular flexibility index (Phi) is 19.5. The van der Waals surface area contributed by atoms with Crippen molar-refractivity contribution in [3.8, 4) is 0 Å². The minimum atomic E-state index is 0.239. The zero-order chi connectivity index (χ0) is 32.3. The first kappa shape index (κ1) is 38.9. The first-order valence-corrected chi connectivity index (χ1v) is 17.9. The third-order valence-electron chi connectivity index (χ3n) is 9.46. The molecule has 2 aliphatic rings. The fourth-order valence-corrected chi connectivity index (χ4v) is 6.69. The Hall–Kier alpha value is -2.10. The summed E-state index contributed by atoms with van der Waals surface area (Å²) in [6, 6.07) is 12.0. The van der Waals surface area contributed by atoms with Crippen LogP contribution in [-0.2, 0) is 6.42 Å². The second-order valence-electron chi connectivity index (χ2n) is 12.4. The number of hydrogen-bond acceptors (Lipinski definition) is 2. The van der Waals surface area contributed by atoms with Crippen molar-refractivity contribution in [2.45, 2.75) is 126 Å². The van der Waals surface area contributed by atoms with Crippen LogP contribution in [0.15, 0.2) is 49.2 Å². The predicted octanol–water partition coefficient (Wildman–Crippen LogP) is 11.1. The van der Waals surface area contributed by atoms with Crippen molar-refractivity contribution in [1.82, 2.24) is 14.8 Å². The smallest absolute Gasteiger partial charge is 0.0450 e. The van der Waals surface area contributed by atoms with Gasteiger partial charge in [0.25, 0.3) is 0 Å². The van der Waals surface area contributed by atoms with Gasteiger partial charge in [0.2, 0.25) is 0 Å². The third-order valence-corrected chi connectivity index (χ3v) is 9.46. The minimum Gasteiger partial charge on any atom is -0.361 e. The van der Waals surface area contributed by atoms with E-state index >= 15 is 0 Å². The molecule has 1 N–H and O–H groups in total. The van der Waals surface area contributed by atoms with Crippen LogP contribution in [-0.4, -0.2) is 53.5 Å². The first-order chi connectivity index (χ1) is 20.9. The van der Waals surface area contributed by atoms with Crippen molar-refractivity contribution in [2.75, 3.05) is 32.7 Å². The zero-order valence-electron chi connectivity index (χ0n) is 30.0. The molecule has 1 atom stereocenters. The van der Waals surface area contributed by atoms with Gasteiger partial charge < -0.3 is 9.88 Å². The summed E-state index contributed by atoms with van der Waals surface area (Å²) >= 11 is 0. The molecule has 2 fully saturated rings. The number of nitrogens with zero attached hydrogens (tertiary/aromatic N) is 2. The number of hydrogen-bond donors (Lipinski definition) is 1. The topological polar surface area (TPSA) is 22.3 Å². The summed E-state index contributed by atoms with van der Waals surface area (Å²) in [7, 11) is 0. The van der Waals surface area contributed by atoms with Gasteiger partial charge in [0.05, 0.1) is 0 Å². The van der Waals surface area contributed by atoms with E-state index in [4.69, 9.17) is 0 Å². The van der Waals surface area contributed by atoms with Crippen LogP contribution in [0.2, 0.25) is 0 Å². The lowest BCUT2D eigenvalue weighted by Crippen LogP contribution is -2.52. The maximum absolute atomic E-state index is 3.99. The number of benzene rings is 1. The monoisotopic (exact) mass is 592 g/mol. The van der Waals surface area contributed by atoms with Crippen LogP contribution in [0, 0.1) is 11.3 Å². The summed E-state index contributed by atoms with van der Waals surface area (Å²) in [4.78, 5) is 8.98. The molecule has 1 aromatic heterocycles. The van der Waals surface area contributed by atoms with Gasteiger partial charge in [0.1, 0.15) is 0 Å². The van der Waals surface area contributed by atoms with Crippen LogP contribution in [0.5, 0.6) is 0 Å². The molecular weight excluding hydrogens is 522 g/mol. The van der Waals surface area contributed by atoms with Gasteiger partial charge in [-0.1, -0.05) is 124 Å². The summed E-state index contributed by atoms with van der Waals surface area (Å²) in [6.07, 6.45) is 17.8. The molecule has 0 spiro atoms. The highest BCUT2D eigenvalue weighted by atomic mass is 15.3. The van der Waals surface area contributed by atoms with Crippen LogP contribution in [0.4, 0.5) is 0 Å². The second kappa shape index (κ2) is 21.6. The molecule has 0 radical (unpaired) electrons. The summed E-state index contributed by atoms with van der Waals surface area (Å²) in [5.41, 5.74) is 5.65. The Labute approximate surface area is 268 Å². The number of piperazine rings is 1. The molecule has 1 aliphatic carbocycles. The van der Waals surface area contributed by atoms with E-state index in [1.807, 2.05) is 47.6 Å². The molecule has 2 aromatic rings. The van der Waals surface area contributed by atoms with E-state index in [1.165, 1.54) is 82.4 Å². The molecule has 1 aliphatic heterocycles. The summed E-state index contributed by atoms with van der Waals surface area (Å²) in [6.45, 7) is 31.6. The highest BCUT2D eigenvalue weighted by Crippen LogP contribution is 2.35. The maximum Gasteiger partial charge on any atom is 0.0450 e. The molecule has 2 heterocycles. The summed E-state index contributed by atoms with van der Waals surface area (Å²) < 4.78 is 0. The van der Waals surface area contributed by atoms with Crippen LogP contribution in [0.3, 0.4) is 0 Å². The van der Waals surface area contributed by atoms with E-state index in [0.29, 0.717) is 5.92 Å². The Morgan fingerprint density at radius 2 is 1.49 bits per heavy atom. The third kappa shape index (κ3) is 12.1. The molecule has 0 bridgehead atoms. The molecule has 1 unspecified atom stereocenters. The highest BCUT2D eigenvalue weighted by molar-refractivity contribution is 5.65. The fraction of sp³-hybridized carbons (Fsp3) is 0.650. The second-order valence-corrected chi connectivity index (χ2v) is 12.4. The van der Waals surface area contributed by atoms with E-state index in [1.54, 1.807) is 5.56 Å². The highest BCUT2D eigenvalue weighted by Gasteiger charge is 2.31. The average molecular weight is 592 g/mol. The summed E-state index contributed by atoms with van der Waals surface area (Å²) in [5.74, 6) is 1.41. The summed E-state index contributed by atoms with van der Waals surface area (Å²) in [5, 5.41) is 0. The standard InChI is InChI=1S/C34H51N3.3C2H6/c1-6-13-32-30(25-35-33(32)7-2)24-34(4,5)27(3)26-36-20-22-37(23-21-36)31-18-11-16-29(17-12-19-31)28-14-9-8-10-15-28;3*1-2/h6-10,13-15,25,27,29,31,35H,2,11-12,16-24,26H2,1,3-5H3;3*1-2H3/b13-6-;;;. The van der Waals surface area contributed by atoms with Gasteiger partial charge in [0.15, 0.2) is 0 Å². The number of nitrogens with one attached hydrogen (secondary N) is 1. The van der Waals surface area contributed by atoms with Gasteiger partial charge in [0, 0.05) is 56.2 Å². The van der Waals surface area contributed by atoms with Gasteiger partial charge in [-0.25, -0.2) is 0 Å². The number of aromatic amines is 1. The minimum absolute atomic E-state index is 0.239. The zero-order valence-corrected chi connectivity index (χ0v) is 30.0. The number of allylic oxidation sites excluding steroid dienone is 1. The Balaban J connectivity index is 0.00000145. The van der Waals surface area contributed by atoms with E-state index in [-0.39, 0.29) is 5.41 Å². The molecular formula is C40H69N3. The van der Waals surface area contributed by atoms with E-state index in [0.717, 1.165) is 24.1 Å². The Morgan fingerprint density at radius 1 is 0.907 bits per heavy atom. The molecule has 4 rings (SSSR count). The van der Waals surface area contributed by atoms with Crippen molar-refractivity contribution in [2.24, 2.45) is 11.3 Å². The quantitative estimate of drug-likeness (QED) is 0.313. The Bertz CT molecular complexity index is 984. The van der Waals surface area contributed by atoms with Gasteiger partial charge in [-0.3, -0.25) is 4.90 Å². The molecule has 1 aromatic carbocycles. The average Bonchev–Trinajstić information content (AvgIpc) is 3.41.